The van der Waals surface area contributed by atoms with Gasteiger partial charge in [0.2, 0.25) is 11.8 Å². The third-order valence-electron chi connectivity index (χ3n) is 8.17. The number of anilines is 2. The Labute approximate surface area is 277 Å². The Morgan fingerprint density at radius 1 is 0.894 bits per heavy atom. The highest BCUT2D eigenvalue weighted by molar-refractivity contribution is 8.00. The fraction of sp³-hybridized carbons (Fsp3) is 0.200. The average Bonchev–Trinajstić information content (AvgIpc) is 3.58. The number of thioether (sulfide) groups is 1. The number of aromatic amines is 1. The summed E-state index contributed by atoms with van der Waals surface area (Å²) >= 11 is 2.24. The number of rotatable bonds is 9. The van der Waals surface area contributed by atoms with Crippen LogP contribution >= 0.6 is 23.1 Å². The van der Waals surface area contributed by atoms with Crippen molar-refractivity contribution in [2.24, 2.45) is 5.92 Å². The van der Waals surface area contributed by atoms with Gasteiger partial charge in [-0.25, -0.2) is 4.90 Å². The molecule has 5 aromatic rings. The van der Waals surface area contributed by atoms with E-state index in [1.807, 2.05) is 49.4 Å². The molecular formula is C35H29N3O7S2. The van der Waals surface area contributed by atoms with Crippen molar-refractivity contribution in [2.75, 3.05) is 30.5 Å². The molecule has 2 aliphatic rings. The SMILES string of the molecule is CCOc1cc([C@@H]2c3sc(=O)[nH]c3S[C@H]3C(=O)N(c4ccc(OC)cc4)C(=O)[C@@H]23)ccc1OCC(=O)Nc1ccc2ccccc2c1. The standard InChI is InChI=1S/C35H29N3O7S2/c1-3-44-26-17-21(9-15-25(26)45-18-27(39)36-22-10-8-19-6-4-5-7-20(19)16-22)28-29-31(46-32-30(28)47-35(42)37-32)34(41)38(33(29)40)23-11-13-24(43-2)14-12-23/h4-17,28-29,31H,3,18H2,1-2H3,(H,36,39)(H,37,42)/t28-,29-,31+/m0/s1. The van der Waals surface area contributed by atoms with Gasteiger partial charge in [-0.05, 0) is 71.8 Å². The quantitative estimate of drug-likeness (QED) is 0.189. The maximum Gasteiger partial charge on any atom is 0.305 e. The summed E-state index contributed by atoms with van der Waals surface area (Å²) in [6.07, 6.45) is 0. The molecule has 1 fully saturated rings. The Kier molecular flexibility index (Phi) is 8.21. The van der Waals surface area contributed by atoms with Crippen LogP contribution in [0.4, 0.5) is 11.4 Å². The summed E-state index contributed by atoms with van der Waals surface area (Å²) in [5.74, 6) is -1.05. The number of carbonyl (C=O) groups is 3. The molecule has 0 bridgehead atoms. The Morgan fingerprint density at radius 2 is 1.68 bits per heavy atom. The number of hydrogen-bond donors (Lipinski definition) is 2. The van der Waals surface area contributed by atoms with Crippen LogP contribution in [0.2, 0.25) is 0 Å². The zero-order chi connectivity index (χ0) is 32.7. The van der Waals surface area contributed by atoms with Crippen molar-refractivity contribution in [3.05, 3.63) is 105 Å². The van der Waals surface area contributed by atoms with E-state index in [1.165, 1.54) is 16.7 Å². The lowest BCUT2D eigenvalue weighted by atomic mass is 9.83. The van der Waals surface area contributed by atoms with Crippen molar-refractivity contribution in [1.29, 1.82) is 0 Å². The Bertz CT molecular complexity index is 2070. The first-order valence-electron chi connectivity index (χ1n) is 14.9. The van der Waals surface area contributed by atoms with Crippen LogP contribution in [0.5, 0.6) is 17.2 Å². The van der Waals surface area contributed by atoms with Crippen LogP contribution in [0.3, 0.4) is 0 Å². The first kappa shape index (κ1) is 30.6. The summed E-state index contributed by atoms with van der Waals surface area (Å²) in [4.78, 5) is 57.6. The van der Waals surface area contributed by atoms with Crippen LogP contribution in [-0.2, 0) is 14.4 Å². The van der Waals surface area contributed by atoms with Crippen molar-refractivity contribution in [3.63, 3.8) is 0 Å². The van der Waals surface area contributed by atoms with Crippen molar-refractivity contribution in [1.82, 2.24) is 4.98 Å². The number of aromatic nitrogens is 1. The van der Waals surface area contributed by atoms with Crippen molar-refractivity contribution >= 4 is 63.0 Å². The number of hydrogen-bond acceptors (Lipinski definition) is 9. The number of fused-ring (bicyclic) bond motifs is 3. The van der Waals surface area contributed by atoms with Crippen LogP contribution in [0.1, 0.15) is 23.3 Å². The second kappa shape index (κ2) is 12.6. The lowest BCUT2D eigenvalue weighted by molar-refractivity contribution is -0.122. The second-order valence-electron chi connectivity index (χ2n) is 11.0. The van der Waals surface area contributed by atoms with Gasteiger partial charge in [0.1, 0.15) is 11.0 Å². The van der Waals surface area contributed by atoms with Gasteiger partial charge < -0.3 is 24.5 Å². The lowest BCUT2D eigenvalue weighted by Crippen LogP contribution is -2.32. The molecule has 238 valence electrons. The molecule has 1 saturated heterocycles. The van der Waals surface area contributed by atoms with E-state index < -0.39 is 17.1 Å². The fourth-order valence-corrected chi connectivity index (χ4v) is 8.59. The summed E-state index contributed by atoms with van der Waals surface area (Å²) in [5, 5.41) is 4.79. The molecule has 0 saturated carbocycles. The third-order valence-corrected chi connectivity index (χ3v) is 10.6. The highest BCUT2D eigenvalue weighted by atomic mass is 32.2. The highest BCUT2D eigenvalue weighted by Crippen LogP contribution is 2.54. The molecule has 7 rings (SSSR count). The van der Waals surface area contributed by atoms with Gasteiger partial charge in [-0.1, -0.05) is 59.5 Å². The predicted molar refractivity (Wildman–Crippen MR) is 181 cm³/mol. The van der Waals surface area contributed by atoms with Crippen molar-refractivity contribution in [3.8, 4) is 17.2 Å². The Hall–Kier alpha value is -5.07. The van der Waals surface area contributed by atoms with Crippen LogP contribution < -0.4 is 29.3 Å². The molecule has 3 amide bonds. The minimum atomic E-state index is -0.762. The normalized spacial score (nSPS) is 18.5. The molecule has 3 atom stereocenters. The van der Waals surface area contributed by atoms with Crippen LogP contribution in [0, 0.1) is 5.92 Å². The zero-order valence-electron chi connectivity index (χ0n) is 25.4. The van der Waals surface area contributed by atoms with E-state index >= 15 is 0 Å². The first-order chi connectivity index (χ1) is 22.8. The van der Waals surface area contributed by atoms with E-state index in [4.69, 9.17) is 14.2 Å². The van der Waals surface area contributed by atoms with Crippen LogP contribution in [0.15, 0.2) is 94.7 Å². The maximum absolute atomic E-state index is 14.1. The number of ether oxygens (including phenoxy) is 3. The number of imide groups is 1. The zero-order valence-corrected chi connectivity index (χ0v) is 27.0. The third kappa shape index (κ3) is 5.74. The smallest absolute Gasteiger partial charge is 0.305 e. The Balaban J connectivity index is 1.16. The molecule has 4 aromatic carbocycles. The van der Waals surface area contributed by atoms with E-state index in [9.17, 15) is 19.2 Å². The maximum atomic E-state index is 14.1. The van der Waals surface area contributed by atoms with Crippen molar-refractivity contribution in [2.45, 2.75) is 23.1 Å². The topological polar surface area (TPSA) is 127 Å². The summed E-state index contributed by atoms with van der Waals surface area (Å²) in [6, 6.07) is 25.6. The molecule has 2 aliphatic heterocycles. The molecule has 12 heteroatoms. The average molecular weight is 668 g/mol. The van der Waals surface area contributed by atoms with E-state index in [2.05, 4.69) is 10.3 Å². The van der Waals surface area contributed by atoms with E-state index in [0.717, 1.165) is 22.1 Å². The van der Waals surface area contributed by atoms with Gasteiger partial charge in [0, 0.05) is 16.5 Å². The minimum absolute atomic E-state index is 0.260. The molecule has 3 heterocycles. The largest absolute Gasteiger partial charge is 0.497 e. The number of nitrogens with zero attached hydrogens (tertiary/aromatic N) is 1. The fourth-order valence-electron chi connectivity index (χ4n) is 6.08. The molecule has 47 heavy (non-hydrogen) atoms. The molecular weight excluding hydrogens is 639 g/mol. The van der Waals surface area contributed by atoms with Crippen LogP contribution in [0.25, 0.3) is 10.8 Å². The number of nitrogens with one attached hydrogen (secondary N) is 2. The highest BCUT2D eigenvalue weighted by Gasteiger charge is 2.56. The van der Waals surface area contributed by atoms with Gasteiger partial charge in [-0.3, -0.25) is 19.2 Å². The summed E-state index contributed by atoms with van der Waals surface area (Å²) in [5.41, 5.74) is 1.79. The second-order valence-corrected chi connectivity index (χ2v) is 13.2. The van der Waals surface area contributed by atoms with Gasteiger partial charge in [0.25, 0.3) is 5.91 Å². The summed E-state index contributed by atoms with van der Waals surface area (Å²) in [6.45, 7) is 1.89. The molecule has 0 aliphatic carbocycles. The molecule has 0 spiro atoms. The van der Waals surface area contributed by atoms with E-state index in [1.54, 1.807) is 49.6 Å². The van der Waals surface area contributed by atoms with Gasteiger partial charge in [0.15, 0.2) is 18.1 Å². The van der Waals surface area contributed by atoms with Gasteiger partial charge in [-0.2, -0.15) is 0 Å². The summed E-state index contributed by atoms with van der Waals surface area (Å²) < 4.78 is 17.1. The Morgan fingerprint density at radius 3 is 2.45 bits per heavy atom. The molecule has 1 aromatic heterocycles. The van der Waals surface area contributed by atoms with Gasteiger partial charge in [0.05, 0.1) is 30.3 Å². The first-order valence-corrected chi connectivity index (χ1v) is 16.6. The number of methoxy groups -OCH3 is 1. The number of H-pyrrole nitrogens is 1. The van der Waals surface area contributed by atoms with Gasteiger partial charge >= 0.3 is 4.87 Å². The number of amides is 3. The molecule has 10 nitrogen and oxygen atoms in total. The lowest BCUT2D eigenvalue weighted by Gasteiger charge is -2.30. The number of benzene rings is 4. The monoisotopic (exact) mass is 667 g/mol. The predicted octanol–water partition coefficient (Wildman–Crippen LogP) is 5.81. The molecule has 0 radical (unpaired) electrons. The summed E-state index contributed by atoms with van der Waals surface area (Å²) in [7, 11) is 1.55. The van der Waals surface area contributed by atoms with E-state index in [0.29, 0.717) is 50.7 Å². The van der Waals surface area contributed by atoms with E-state index in [-0.39, 0.29) is 29.2 Å². The number of carbonyl (C=O) groups excluding carboxylic acids is 3. The van der Waals surface area contributed by atoms with Crippen LogP contribution in [-0.4, -0.2) is 48.3 Å². The molecule has 2 N–H and O–H groups in total. The van der Waals surface area contributed by atoms with Gasteiger partial charge in [-0.15, -0.1) is 0 Å². The van der Waals surface area contributed by atoms with Crippen molar-refractivity contribution < 1.29 is 28.6 Å². The minimum Gasteiger partial charge on any atom is -0.497 e. The number of thiazole rings is 1. The molecule has 0 unspecified atom stereocenters.